The monoisotopic (exact) mass is 376 g/mol. The van der Waals surface area contributed by atoms with Crippen molar-refractivity contribution >= 4 is 22.7 Å². The van der Waals surface area contributed by atoms with E-state index in [0.717, 1.165) is 0 Å². The Balaban J connectivity index is 0.000000150. The third kappa shape index (κ3) is 4.51. The van der Waals surface area contributed by atoms with Crippen LogP contribution in [0.5, 0.6) is 0 Å². The van der Waals surface area contributed by atoms with Gasteiger partial charge in [0.15, 0.2) is 0 Å². The van der Waals surface area contributed by atoms with Gasteiger partial charge < -0.3 is 0 Å². The molecule has 0 N–H and O–H groups in total. The molecule has 0 bridgehead atoms. The van der Waals surface area contributed by atoms with Gasteiger partial charge in [0.1, 0.15) is 0 Å². The predicted octanol–water partition coefficient (Wildman–Crippen LogP) is 6.54. The maximum absolute atomic E-state index is 4.73. The van der Waals surface area contributed by atoms with Crippen molar-refractivity contribution in [2.75, 3.05) is 0 Å². The van der Waals surface area contributed by atoms with Crippen LogP contribution in [0.4, 0.5) is 0 Å². The van der Waals surface area contributed by atoms with E-state index in [1.807, 2.05) is 22.7 Å². The molecular formula is C21H32N2S2. The van der Waals surface area contributed by atoms with Crippen LogP contribution in [-0.2, 0) is 25.7 Å². The zero-order chi connectivity index (χ0) is 18.2. The molecule has 2 aliphatic carbocycles. The molecule has 0 aliphatic heterocycles. The summed E-state index contributed by atoms with van der Waals surface area (Å²) in [4.78, 5) is 12.4. The van der Waals surface area contributed by atoms with E-state index in [0.29, 0.717) is 17.3 Å². The lowest BCUT2D eigenvalue weighted by atomic mass is 9.79. The number of nitrogens with zero attached hydrogens (tertiary/aromatic N) is 2. The summed E-state index contributed by atoms with van der Waals surface area (Å²) in [5.74, 6) is 1.21. The van der Waals surface area contributed by atoms with E-state index < -0.39 is 0 Å². The Morgan fingerprint density at radius 3 is 1.92 bits per heavy atom. The molecule has 2 aromatic heterocycles. The number of rotatable bonds is 2. The van der Waals surface area contributed by atoms with Crippen molar-refractivity contribution < 1.29 is 0 Å². The number of aryl methyl sites for hydroxylation is 3. The number of hydrogen-bond donors (Lipinski definition) is 0. The number of fused-ring (bicyclic) bond motifs is 2. The van der Waals surface area contributed by atoms with Gasteiger partial charge >= 0.3 is 0 Å². The maximum atomic E-state index is 4.73. The summed E-state index contributed by atoms with van der Waals surface area (Å²) in [5.41, 5.74) is 3.27. The van der Waals surface area contributed by atoms with E-state index in [4.69, 9.17) is 4.98 Å². The van der Waals surface area contributed by atoms with Crippen LogP contribution in [0, 0.1) is 5.41 Å². The first kappa shape index (κ1) is 19.0. The van der Waals surface area contributed by atoms with Gasteiger partial charge in [-0.05, 0) is 43.9 Å². The van der Waals surface area contributed by atoms with Gasteiger partial charge in [-0.25, -0.2) is 9.97 Å². The SMILES string of the molecule is CC(C)c1nc2c(s1)CC(C)(C)CC2.CC(C)c1nc2c(s1)CCC2. The Kier molecular flexibility index (Phi) is 5.69. The Labute approximate surface area is 161 Å². The Bertz CT molecular complexity index is 701. The highest BCUT2D eigenvalue weighted by Gasteiger charge is 2.28. The van der Waals surface area contributed by atoms with Crippen molar-refractivity contribution in [2.45, 2.75) is 91.9 Å². The minimum Gasteiger partial charge on any atom is -0.246 e. The van der Waals surface area contributed by atoms with Crippen molar-refractivity contribution in [3.05, 3.63) is 31.2 Å². The molecule has 0 atom stereocenters. The highest BCUT2D eigenvalue weighted by Crippen LogP contribution is 2.38. The fourth-order valence-corrected chi connectivity index (χ4v) is 5.95. The van der Waals surface area contributed by atoms with Crippen LogP contribution in [-0.4, -0.2) is 9.97 Å². The van der Waals surface area contributed by atoms with E-state index in [1.165, 1.54) is 59.9 Å². The summed E-state index contributed by atoms with van der Waals surface area (Å²) < 4.78 is 0. The third-order valence-corrected chi connectivity index (χ3v) is 7.93. The zero-order valence-corrected chi connectivity index (χ0v) is 18.2. The lowest BCUT2D eigenvalue weighted by molar-refractivity contribution is 0.316. The number of aromatic nitrogens is 2. The molecule has 2 heterocycles. The van der Waals surface area contributed by atoms with Crippen molar-refractivity contribution in [3.63, 3.8) is 0 Å². The second-order valence-electron chi connectivity index (χ2n) is 8.85. The van der Waals surface area contributed by atoms with Gasteiger partial charge in [0.2, 0.25) is 0 Å². The smallest absolute Gasteiger partial charge is 0.0956 e. The van der Waals surface area contributed by atoms with Crippen LogP contribution in [0.15, 0.2) is 0 Å². The highest BCUT2D eigenvalue weighted by atomic mass is 32.1. The second kappa shape index (κ2) is 7.48. The van der Waals surface area contributed by atoms with Gasteiger partial charge in [0.25, 0.3) is 0 Å². The van der Waals surface area contributed by atoms with Crippen LogP contribution in [0.1, 0.15) is 97.4 Å². The molecule has 25 heavy (non-hydrogen) atoms. The molecule has 0 amide bonds. The first-order valence-corrected chi connectivity index (χ1v) is 11.4. The fraction of sp³-hybridized carbons (Fsp3) is 0.714. The molecule has 0 saturated heterocycles. The molecule has 2 aromatic rings. The van der Waals surface area contributed by atoms with Crippen LogP contribution in [0.3, 0.4) is 0 Å². The third-order valence-electron chi connectivity index (χ3n) is 5.07. The van der Waals surface area contributed by atoms with Crippen LogP contribution in [0.2, 0.25) is 0 Å². The Hall–Kier alpha value is -0.740. The van der Waals surface area contributed by atoms with Gasteiger partial charge in [-0.15, -0.1) is 22.7 Å². The molecule has 0 aromatic carbocycles. The standard InChI is InChI=1S/C12H19NS.C9H13NS/c1-8(2)11-13-9-5-6-12(3,4)7-10(9)14-11;1-6(2)9-10-7-4-3-5-8(7)11-9/h8H,5-7H2,1-4H3;6H,3-5H2,1-2H3. The molecule has 0 radical (unpaired) electrons. The first-order chi connectivity index (χ1) is 11.7. The summed E-state index contributed by atoms with van der Waals surface area (Å²) in [7, 11) is 0. The van der Waals surface area contributed by atoms with E-state index in [1.54, 1.807) is 9.75 Å². The average Bonchev–Trinajstić information content (AvgIpc) is 3.19. The summed E-state index contributed by atoms with van der Waals surface area (Å²) >= 11 is 3.85. The van der Waals surface area contributed by atoms with Crippen molar-refractivity contribution in [1.29, 1.82) is 0 Å². The number of hydrogen-bond acceptors (Lipinski definition) is 4. The fourth-order valence-electron chi connectivity index (χ4n) is 3.42. The summed E-state index contributed by atoms with van der Waals surface area (Å²) in [6.07, 6.45) is 7.53. The quantitative estimate of drug-likeness (QED) is 0.595. The second-order valence-corrected chi connectivity index (χ2v) is 11.1. The highest BCUT2D eigenvalue weighted by molar-refractivity contribution is 7.12. The van der Waals surface area contributed by atoms with E-state index >= 15 is 0 Å². The lowest BCUT2D eigenvalue weighted by Gasteiger charge is -2.28. The maximum Gasteiger partial charge on any atom is 0.0956 e. The summed E-state index contributed by atoms with van der Waals surface area (Å²) in [6.45, 7) is 13.6. The minimum atomic E-state index is 0.494. The van der Waals surface area contributed by atoms with Gasteiger partial charge in [-0.3, -0.25) is 0 Å². The van der Waals surface area contributed by atoms with E-state index in [2.05, 4.69) is 46.5 Å². The summed E-state index contributed by atoms with van der Waals surface area (Å²) in [6, 6.07) is 0. The Morgan fingerprint density at radius 1 is 0.800 bits per heavy atom. The Morgan fingerprint density at radius 2 is 1.36 bits per heavy atom. The van der Waals surface area contributed by atoms with E-state index in [-0.39, 0.29) is 0 Å². The van der Waals surface area contributed by atoms with Crippen LogP contribution < -0.4 is 0 Å². The molecule has 2 aliphatic rings. The van der Waals surface area contributed by atoms with Crippen molar-refractivity contribution in [1.82, 2.24) is 9.97 Å². The molecule has 0 saturated carbocycles. The molecule has 138 valence electrons. The molecule has 2 nitrogen and oxygen atoms in total. The van der Waals surface area contributed by atoms with Gasteiger partial charge in [-0.1, -0.05) is 41.5 Å². The molecular weight excluding hydrogens is 344 g/mol. The first-order valence-electron chi connectivity index (χ1n) is 9.72. The average molecular weight is 377 g/mol. The minimum absolute atomic E-state index is 0.494. The number of thiazole rings is 2. The normalized spacial score (nSPS) is 18.1. The molecule has 4 heteroatoms. The molecule has 0 spiro atoms. The van der Waals surface area contributed by atoms with Gasteiger partial charge in [0.05, 0.1) is 21.4 Å². The van der Waals surface area contributed by atoms with Crippen LogP contribution in [0.25, 0.3) is 0 Å². The molecule has 4 rings (SSSR count). The van der Waals surface area contributed by atoms with Crippen molar-refractivity contribution in [3.8, 4) is 0 Å². The lowest BCUT2D eigenvalue weighted by Crippen LogP contribution is -2.20. The van der Waals surface area contributed by atoms with E-state index in [9.17, 15) is 0 Å². The van der Waals surface area contributed by atoms with Gasteiger partial charge in [0, 0.05) is 21.6 Å². The predicted molar refractivity (Wildman–Crippen MR) is 110 cm³/mol. The van der Waals surface area contributed by atoms with Gasteiger partial charge in [-0.2, -0.15) is 0 Å². The molecule has 0 fully saturated rings. The van der Waals surface area contributed by atoms with Crippen molar-refractivity contribution in [2.24, 2.45) is 5.41 Å². The van der Waals surface area contributed by atoms with Crippen LogP contribution >= 0.6 is 22.7 Å². The zero-order valence-electron chi connectivity index (χ0n) is 16.6. The topological polar surface area (TPSA) is 25.8 Å². The largest absolute Gasteiger partial charge is 0.246 e. The summed E-state index contributed by atoms with van der Waals surface area (Å²) in [5, 5.41) is 2.66. The molecule has 0 unspecified atom stereocenters.